The van der Waals surface area contributed by atoms with Crippen LogP contribution in [0.1, 0.15) is 12.8 Å². The van der Waals surface area contributed by atoms with Crippen molar-refractivity contribution >= 4 is 32.4 Å². The zero-order chi connectivity index (χ0) is 20.4. The number of sulfonamides is 1. The van der Waals surface area contributed by atoms with E-state index in [0.717, 1.165) is 16.3 Å². The van der Waals surface area contributed by atoms with E-state index < -0.39 is 10.0 Å². The molecule has 3 aromatic carbocycles. The summed E-state index contributed by atoms with van der Waals surface area (Å²) in [5.41, 5.74) is 0.741. The summed E-state index contributed by atoms with van der Waals surface area (Å²) in [5, 5.41) is 6.41. The summed E-state index contributed by atoms with van der Waals surface area (Å²) in [4.78, 5) is 4.56. The van der Waals surface area contributed by atoms with E-state index in [1.165, 1.54) is 4.31 Å². The van der Waals surface area contributed by atoms with Gasteiger partial charge in [0.1, 0.15) is 0 Å². The van der Waals surface area contributed by atoms with E-state index in [1.807, 2.05) is 24.3 Å². The molecular weight excluding hydrogens is 410 g/mol. The molecule has 0 spiro atoms. The summed E-state index contributed by atoms with van der Waals surface area (Å²) in [6.45, 7) is 2.04. The van der Waals surface area contributed by atoms with Crippen LogP contribution in [0.15, 0.2) is 76.1 Å². The van der Waals surface area contributed by atoms with Crippen LogP contribution in [0.5, 0.6) is 0 Å². The van der Waals surface area contributed by atoms with Gasteiger partial charge in [-0.2, -0.15) is 9.29 Å². The Labute approximate surface area is 173 Å². The molecule has 0 aliphatic carbocycles. The molecule has 0 unspecified atom stereocenters. The van der Waals surface area contributed by atoms with Crippen LogP contribution in [0.3, 0.4) is 0 Å². The Morgan fingerprint density at radius 2 is 1.72 bits per heavy atom. The number of benzene rings is 3. The van der Waals surface area contributed by atoms with Crippen LogP contribution in [-0.4, -0.2) is 29.4 Å². The first-order valence-corrected chi connectivity index (χ1v) is 10.9. The maximum Gasteiger partial charge on any atom is 0.243 e. The SMILES string of the molecule is CCN(Cc1nc(-c2ccc(Cl)cc2)no1)S(=O)(=O)c1ccc2ccccc2c1. The maximum absolute atomic E-state index is 13.1. The van der Waals surface area contributed by atoms with Gasteiger partial charge in [-0.25, -0.2) is 8.42 Å². The first-order chi connectivity index (χ1) is 14.0. The van der Waals surface area contributed by atoms with Gasteiger partial charge in [0.05, 0.1) is 11.4 Å². The molecule has 1 heterocycles. The Morgan fingerprint density at radius 3 is 2.45 bits per heavy atom. The molecule has 0 fully saturated rings. The van der Waals surface area contributed by atoms with Crippen molar-refractivity contribution in [3.8, 4) is 11.4 Å². The maximum atomic E-state index is 13.1. The summed E-state index contributed by atoms with van der Waals surface area (Å²) < 4.78 is 32.9. The van der Waals surface area contributed by atoms with E-state index in [2.05, 4.69) is 10.1 Å². The van der Waals surface area contributed by atoms with Crippen LogP contribution >= 0.6 is 11.6 Å². The average molecular weight is 428 g/mol. The van der Waals surface area contributed by atoms with Crippen molar-refractivity contribution in [3.63, 3.8) is 0 Å². The van der Waals surface area contributed by atoms with Gasteiger partial charge in [0, 0.05) is 17.1 Å². The van der Waals surface area contributed by atoms with Gasteiger partial charge in [-0.05, 0) is 47.2 Å². The summed E-state index contributed by atoms with van der Waals surface area (Å²) >= 11 is 5.90. The van der Waals surface area contributed by atoms with Gasteiger partial charge in [-0.3, -0.25) is 0 Å². The number of nitrogens with zero attached hydrogens (tertiary/aromatic N) is 3. The Bertz CT molecular complexity index is 1250. The highest BCUT2D eigenvalue weighted by atomic mass is 35.5. The van der Waals surface area contributed by atoms with Gasteiger partial charge in [0.25, 0.3) is 0 Å². The van der Waals surface area contributed by atoms with E-state index in [4.69, 9.17) is 16.1 Å². The molecule has 148 valence electrons. The molecule has 0 saturated heterocycles. The number of hydrogen-bond donors (Lipinski definition) is 0. The molecule has 1 aromatic heterocycles. The zero-order valence-corrected chi connectivity index (χ0v) is 17.2. The zero-order valence-electron chi connectivity index (χ0n) is 15.6. The van der Waals surface area contributed by atoms with Gasteiger partial charge in [-0.15, -0.1) is 0 Å². The fourth-order valence-electron chi connectivity index (χ4n) is 3.03. The number of rotatable bonds is 6. The summed E-state index contributed by atoms with van der Waals surface area (Å²) in [7, 11) is -3.71. The molecule has 8 heteroatoms. The van der Waals surface area contributed by atoms with E-state index >= 15 is 0 Å². The third-order valence-electron chi connectivity index (χ3n) is 4.59. The third kappa shape index (κ3) is 4.03. The molecule has 4 rings (SSSR count). The molecule has 0 radical (unpaired) electrons. The van der Waals surface area contributed by atoms with Gasteiger partial charge in [-0.1, -0.05) is 54.0 Å². The molecule has 0 atom stereocenters. The van der Waals surface area contributed by atoms with E-state index in [1.54, 1.807) is 49.4 Å². The van der Waals surface area contributed by atoms with Crippen LogP contribution in [0.4, 0.5) is 0 Å². The summed E-state index contributed by atoms with van der Waals surface area (Å²) in [6, 6.07) is 19.8. The monoisotopic (exact) mass is 427 g/mol. The second-order valence-corrected chi connectivity index (χ2v) is 8.83. The highest BCUT2D eigenvalue weighted by molar-refractivity contribution is 7.89. The number of halogens is 1. The lowest BCUT2D eigenvalue weighted by Crippen LogP contribution is -2.30. The van der Waals surface area contributed by atoms with E-state index in [0.29, 0.717) is 10.8 Å². The van der Waals surface area contributed by atoms with Crippen LogP contribution in [0.25, 0.3) is 22.2 Å². The second-order valence-electron chi connectivity index (χ2n) is 6.46. The topological polar surface area (TPSA) is 76.3 Å². The normalized spacial score (nSPS) is 12.0. The first kappa shape index (κ1) is 19.6. The van der Waals surface area contributed by atoms with Crippen LogP contribution in [-0.2, 0) is 16.6 Å². The molecule has 6 nitrogen and oxygen atoms in total. The number of fused-ring (bicyclic) bond motifs is 1. The highest BCUT2D eigenvalue weighted by Crippen LogP contribution is 2.24. The smallest absolute Gasteiger partial charge is 0.243 e. The third-order valence-corrected chi connectivity index (χ3v) is 6.76. The lowest BCUT2D eigenvalue weighted by Gasteiger charge is -2.18. The largest absolute Gasteiger partial charge is 0.338 e. The van der Waals surface area contributed by atoms with Gasteiger partial charge in [0.2, 0.25) is 21.7 Å². The quantitative estimate of drug-likeness (QED) is 0.443. The number of aromatic nitrogens is 2. The van der Waals surface area contributed by atoms with Crippen molar-refractivity contribution in [1.82, 2.24) is 14.4 Å². The lowest BCUT2D eigenvalue weighted by atomic mass is 10.1. The first-order valence-electron chi connectivity index (χ1n) is 9.05. The van der Waals surface area contributed by atoms with Crippen LogP contribution in [0, 0.1) is 0 Å². The van der Waals surface area contributed by atoms with Gasteiger partial charge in [0.15, 0.2) is 0 Å². The van der Waals surface area contributed by atoms with Crippen molar-refractivity contribution in [2.24, 2.45) is 0 Å². The van der Waals surface area contributed by atoms with Crippen molar-refractivity contribution < 1.29 is 12.9 Å². The minimum atomic E-state index is -3.71. The van der Waals surface area contributed by atoms with Gasteiger partial charge >= 0.3 is 0 Å². The van der Waals surface area contributed by atoms with E-state index in [9.17, 15) is 8.42 Å². The lowest BCUT2D eigenvalue weighted by molar-refractivity contribution is 0.321. The van der Waals surface area contributed by atoms with Crippen molar-refractivity contribution in [3.05, 3.63) is 77.6 Å². The molecule has 0 N–H and O–H groups in total. The molecule has 0 saturated carbocycles. The Balaban J connectivity index is 1.60. The standard InChI is InChI=1S/C21H18ClN3O3S/c1-2-25(14-20-23-21(24-28-20)16-7-10-18(22)11-8-16)29(26,27)19-12-9-15-5-3-4-6-17(15)13-19/h3-13H,2,14H2,1H3. The summed E-state index contributed by atoms with van der Waals surface area (Å²) in [5.74, 6) is 0.608. The van der Waals surface area contributed by atoms with Crippen molar-refractivity contribution in [2.75, 3.05) is 6.54 Å². The Kier molecular flexibility index (Phi) is 5.36. The molecule has 0 aliphatic heterocycles. The predicted molar refractivity (Wildman–Crippen MR) is 112 cm³/mol. The van der Waals surface area contributed by atoms with Crippen LogP contribution in [0.2, 0.25) is 5.02 Å². The van der Waals surface area contributed by atoms with Crippen molar-refractivity contribution in [2.45, 2.75) is 18.4 Å². The fraction of sp³-hybridized carbons (Fsp3) is 0.143. The minimum absolute atomic E-state index is 0.00769. The molecule has 4 aromatic rings. The Morgan fingerprint density at radius 1 is 1.00 bits per heavy atom. The van der Waals surface area contributed by atoms with Gasteiger partial charge < -0.3 is 4.52 Å². The average Bonchev–Trinajstić information content (AvgIpc) is 3.20. The molecule has 0 bridgehead atoms. The van der Waals surface area contributed by atoms with Crippen LogP contribution < -0.4 is 0 Å². The molecule has 0 aliphatic rings. The number of hydrogen-bond acceptors (Lipinski definition) is 5. The van der Waals surface area contributed by atoms with Crippen molar-refractivity contribution in [1.29, 1.82) is 0 Å². The molecule has 29 heavy (non-hydrogen) atoms. The minimum Gasteiger partial charge on any atom is -0.338 e. The Hall–Kier alpha value is -2.74. The summed E-state index contributed by atoms with van der Waals surface area (Å²) in [6.07, 6.45) is 0. The fourth-order valence-corrected chi connectivity index (χ4v) is 4.59. The predicted octanol–water partition coefficient (Wildman–Crippen LogP) is 4.75. The second kappa shape index (κ2) is 7.94. The molecule has 0 amide bonds. The molecular formula is C21H18ClN3O3S. The highest BCUT2D eigenvalue weighted by Gasteiger charge is 2.25. The van der Waals surface area contributed by atoms with E-state index in [-0.39, 0.29) is 23.9 Å².